The van der Waals surface area contributed by atoms with E-state index in [4.69, 9.17) is 4.74 Å². The topological polar surface area (TPSA) is 92.8 Å². The first-order chi connectivity index (χ1) is 11.1. The first-order valence-electron chi connectivity index (χ1n) is 7.32. The number of nitrogens with one attached hydrogen (secondary N) is 2. The minimum Gasteiger partial charge on any atom is -0.471 e. The number of anilines is 1. The van der Waals surface area contributed by atoms with Gasteiger partial charge in [0.15, 0.2) is 11.2 Å². The molecule has 0 radical (unpaired) electrons. The smallest absolute Gasteiger partial charge is 0.247 e. The minimum atomic E-state index is -0.162. The van der Waals surface area contributed by atoms with E-state index in [-0.39, 0.29) is 17.8 Å². The van der Waals surface area contributed by atoms with Gasteiger partial charge in [-0.1, -0.05) is 44.2 Å². The second-order valence-electron chi connectivity index (χ2n) is 5.37. The van der Waals surface area contributed by atoms with Gasteiger partial charge in [0.2, 0.25) is 17.7 Å². The van der Waals surface area contributed by atoms with Crippen LogP contribution in [0, 0.1) is 5.92 Å². The second-order valence-corrected chi connectivity index (χ2v) is 5.37. The summed E-state index contributed by atoms with van der Waals surface area (Å²) in [6.45, 7) is 3.96. The van der Waals surface area contributed by atoms with E-state index in [1.807, 2.05) is 30.3 Å². The number of hydrogen-bond acceptors (Lipinski definition) is 5. The number of ether oxygens (including phenoxy) is 1. The third kappa shape index (κ3) is 3.45. The number of nitrogens with zero attached hydrogens (tertiary/aromatic N) is 3. The molecule has 0 bridgehead atoms. The number of carbonyl (C=O) groups excluding carboxylic acids is 1. The van der Waals surface area contributed by atoms with Gasteiger partial charge in [-0.3, -0.25) is 10.1 Å². The van der Waals surface area contributed by atoms with Crippen molar-refractivity contribution in [3.63, 3.8) is 0 Å². The highest BCUT2D eigenvalue weighted by Gasteiger charge is 2.15. The van der Waals surface area contributed by atoms with Crippen molar-refractivity contribution in [1.82, 2.24) is 19.9 Å². The van der Waals surface area contributed by atoms with E-state index >= 15 is 0 Å². The van der Waals surface area contributed by atoms with Gasteiger partial charge in [0, 0.05) is 5.92 Å². The predicted octanol–water partition coefficient (Wildman–Crippen LogP) is 2.53. The standard InChI is InChI=1S/C16H17N5O2/c1-10(2)14(22)20-16-19-13-12(17-9-18-13)15(21-16)23-8-11-6-4-3-5-7-11/h3-7,9-10H,8H2,1-2H3,(H2,17,18,19,20,21,22). The molecule has 0 aliphatic carbocycles. The van der Waals surface area contributed by atoms with Crippen LogP contribution in [0.2, 0.25) is 0 Å². The van der Waals surface area contributed by atoms with Crippen LogP contribution in [0.5, 0.6) is 5.88 Å². The summed E-state index contributed by atoms with van der Waals surface area (Å²) in [6.07, 6.45) is 1.52. The van der Waals surface area contributed by atoms with Crippen LogP contribution in [0.1, 0.15) is 19.4 Å². The molecule has 0 saturated carbocycles. The molecular formula is C16H17N5O2. The molecule has 118 valence electrons. The zero-order valence-corrected chi connectivity index (χ0v) is 12.9. The summed E-state index contributed by atoms with van der Waals surface area (Å²) < 4.78 is 5.76. The molecule has 0 aliphatic rings. The van der Waals surface area contributed by atoms with Gasteiger partial charge in [-0.05, 0) is 5.56 Å². The van der Waals surface area contributed by atoms with Gasteiger partial charge in [-0.2, -0.15) is 9.97 Å². The number of carbonyl (C=O) groups is 1. The monoisotopic (exact) mass is 311 g/mol. The molecule has 0 unspecified atom stereocenters. The van der Waals surface area contributed by atoms with E-state index in [0.29, 0.717) is 23.7 Å². The third-order valence-corrected chi connectivity index (χ3v) is 3.22. The lowest BCUT2D eigenvalue weighted by Crippen LogP contribution is -2.19. The average Bonchev–Trinajstić information content (AvgIpc) is 3.02. The molecule has 3 aromatic rings. The lowest BCUT2D eigenvalue weighted by atomic mass is 10.2. The number of aromatic nitrogens is 4. The molecule has 7 nitrogen and oxygen atoms in total. The number of benzene rings is 1. The van der Waals surface area contributed by atoms with Crippen molar-refractivity contribution < 1.29 is 9.53 Å². The molecule has 23 heavy (non-hydrogen) atoms. The molecule has 2 N–H and O–H groups in total. The second kappa shape index (κ2) is 6.43. The lowest BCUT2D eigenvalue weighted by molar-refractivity contribution is -0.118. The SMILES string of the molecule is CC(C)C(=O)Nc1nc(OCc2ccccc2)c2nc[nH]c2n1. The zero-order chi connectivity index (χ0) is 16.2. The number of amides is 1. The van der Waals surface area contributed by atoms with Crippen LogP contribution >= 0.6 is 0 Å². The lowest BCUT2D eigenvalue weighted by Gasteiger charge is -2.09. The van der Waals surface area contributed by atoms with Crippen LogP contribution in [0.25, 0.3) is 11.2 Å². The van der Waals surface area contributed by atoms with Gasteiger partial charge in [-0.15, -0.1) is 0 Å². The minimum absolute atomic E-state index is 0.155. The fourth-order valence-corrected chi connectivity index (χ4v) is 1.95. The number of fused-ring (bicyclic) bond motifs is 1. The molecule has 1 aromatic carbocycles. The van der Waals surface area contributed by atoms with Crippen LogP contribution in [-0.4, -0.2) is 25.8 Å². The summed E-state index contributed by atoms with van der Waals surface area (Å²) in [4.78, 5) is 27.4. The van der Waals surface area contributed by atoms with Crippen molar-refractivity contribution in [1.29, 1.82) is 0 Å². The summed E-state index contributed by atoms with van der Waals surface area (Å²) in [6, 6.07) is 9.75. The summed E-state index contributed by atoms with van der Waals surface area (Å²) >= 11 is 0. The van der Waals surface area contributed by atoms with Gasteiger partial charge < -0.3 is 9.72 Å². The van der Waals surface area contributed by atoms with Gasteiger partial charge >= 0.3 is 0 Å². The number of aromatic amines is 1. The fraction of sp³-hybridized carbons (Fsp3) is 0.250. The van der Waals surface area contributed by atoms with Crippen LogP contribution in [0.3, 0.4) is 0 Å². The maximum Gasteiger partial charge on any atom is 0.247 e. The van der Waals surface area contributed by atoms with Crippen LogP contribution in [-0.2, 0) is 11.4 Å². The number of rotatable bonds is 5. The van der Waals surface area contributed by atoms with Crippen molar-refractivity contribution >= 4 is 23.0 Å². The first-order valence-corrected chi connectivity index (χ1v) is 7.32. The Morgan fingerprint density at radius 3 is 2.78 bits per heavy atom. The number of hydrogen-bond donors (Lipinski definition) is 2. The van der Waals surface area contributed by atoms with Crippen LogP contribution in [0.15, 0.2) is 36.7 Å². The third-order valence-electron chi connectivity index (χ3n) is 3.22. The van der Waals surface area contributed by atoms with E-state index < -0.39 is 0 Å². The first kappa shape index (κ1) is 15.0. The van der Waals surface area contributed by atoms with Gasteiger partial charge in [0.1, 0.15) is 6.61 Å². The molecule has 1 amide bonds. The number of H-pyrrole nitrogens is 1. The Morgan fingerprint density at radius 2 is 2.04 bits per heavy atom. The molecule has 2 aromatic heterocycles. The number of imidazole rings is 1. The predicted molar refractivity (Wildman–Crippen MR) is 85.9 cm³/mol. The quantitative estimate of drug-likeness (QED) is 0.755. The molecule has 7 heteroatoms. The average molecular weight is 311 g/mol. The van der Waals surface area contributed by atoms with E-state index in [0.717, 1.165) is 5.56 Å². The van der Waals surface area contributed by atoms with Gasteiger partial charge in [0.05, 0.1) is 6.33 Å². The summed E-state index contributed by atoms with van der Waals surface area (Å²) in [7, 11) is 0. The van der Waals surface area contributed by atoms with Crippen molar-refractivity contribution in [3.05, 3.63) is 42.2 Å². The Bertz CT molecular complexity index is 814. The summed E-state index contributed by atoms with van der Waals surface area (Å²) in [5.74, 6) is 0.213. The van der Waals surface area contributed by atoms with E-state index in [1.54, 1.807) is 13.8 Å². The Hall–Kier alpha value is -2.96. The van der Waals surface area contributed by atoms with Crippen molar-refractivity contribution in [2.45, 2.75) is 20.5 Å². The van der Waals surface area contributed by atoms with Gasteiger partial charge in [0.25, 0.3) is 0 Å². The van der Waals surface area contributed by atoms with E-state index in [9.17, 15) is 4.79 Å². The Morgan fingerprint density at radius 1 is 1.26 bits per heavy atom. The molecule has 3 rings (SSSR count). The molecule has 0 spiro atoms. The highest BCUT2D eigenvalue weighted by molar-refractivity contribution is 5.91. The van der Waals surface area contributed by atoms with E-state index in [2.05, 4.69) is 25.3 Å². The highest BCUT2D eigenvalue weighted by atomic mass is 16.5. The Labute approximate surface area is 133 Å². The Balaban J connectivity index is 1.85. The molecule has 0 fully saturated rings. The molecule has 0 aliphatic heterocycles. The maximum absolute atomic E-state index is 11.8. The maximum atomic E-state index is 11.8. The van der Waals surface area contributed by atoms with Crippen LogP contribution in [0.4, 0.5) is 5.95 Å². The molecule has 0 saturated heterocycles. The zero-order valence-electron chi connectivity index (χ0n) is 12.9. The van der Waals surface area contributed by atoms with Crippen molar-refractivity contribution in [3.8, 4) is 5.88 Å². The molecular weight excluding hydrogens is 294 g/mol. The summed E-state index contributed by atoms with van der Waals surface area (Å²) in [5.41, 5.74) is 2.06. The van der Waals surface area contributed by atoms with Gasteiger partial charge in [-0.25, -0.2) is 4.98 Å². The fourth-order valence-electron chi connectivity index (χ4n) is 1.95. The van der Waals surface area contributed by atoms with E-state index in [1.165, 1.54) is 6.33 Å². The molecule has 2 heterocycles. The summed E-state index contributed by atoms with van der Waals surface area (Å²) in [5, 5.41) is 2.67. The van der Waals surface area contributed by atoms with Crippen molar-refractivity contribution in [2.75, 3.05) is 5.32 Å². The Kier molecular flexibility index (Phi) is 4.18. The molecule has 0 atom stereocenters. The van der Waals surface area contributed by atoms with Crippen molar-refractivity contribution in [2.24, 2.45) is 5.92 Å². The highest BCUT2D eigenvalue weighted by Crippen LogP contribution is 2.22. The largest absolute Gasteiger partial charge is 0.471 e. The van der Waals surface area contributed by atoms with Crippen LogP contribution < -0.4 is 10.1 Å². The normalized spacial score (nSPS) is 10.9.